The zero-order valence-electron chi connectivity index (χ0n) is 9.77. The maximum atomic E-state index is 12.3. The van der Waals surface area contributed by atoms with E-state index in [1.807, 2.05) is 0 Å². The first-order valence-corrected chi connectivity index (χ1v) is 6.34. The van der Waals surface area contributed by atoms with Crippen LogP contribution in [0.15, 0.2) is 30.5 Å². The van der Waals surface area contributed by atoms with Crippen LogP contribution < -0.4 is 4.90 Å². The third-order valence-electron chi connectivity index (χ3n) is 2.45. The molecule has 0 saturated carbocycles. The van der Waals surface area contributed by atoms with E-state index in [1.165, 1.54) is 11.1 Å². The zero-order valence-corrected chi connectivity index (χ0v) is 12.0. The Bertz CT molecular complexity index is 633. The Kier molecular flexibility index (Phi) is 4.24. The molecule has 0 fully saturated rings. The van der Waals surface area contributed by atoms with Crippen molar-refractivity contribution in [2.45, 2.75) is 0 Å². The van der Waals surface area contributed by atoms with Crippen LogP contribution >= 0.6 is 34.8 Å². The summed E-state index contributed by atoms with van der Waals surface area (Å²) in [6, 6.07) is 6.39. The number of pyridine rings is 2. The van der Waals surface area contributed by atoms with Gasteiger partial charge in [0.15, 0.2) is 5.15 Å². The number of hydrogen-bond acceptors (Lipinski definition) is 3. The number of hydrogen-bond donors (Lipinski definition) is 0. The standard InChI is InChI=1S/C12H8Cl3N3O/c1-18(8-4-5-9(13)17-11(8)15)12(19)7-3-2-6-16-10(7)14/h2-6H,1H3. The number of halogens is 3. The highest BCUT2D eigenvalue weighted by Crippen LogP contribution is 2.26. The summed E-state index contributed by atoms with van der Waals surface area (Å²) in [5.41, 5.74) is 0.730. The normalized spacial score (nSPS) is 10.3. The maximum Gasteiger partial charge on any atom is 0.261 e. The van der Waals surface area contributed by atoms with Gasteiger partial charge in [0.2, 0.25) is 0 Å². The van der Waals surface area contributed by atoms with E-state index in [2.05, 4.69) is 9.97 Å². The van der Waals surface area contributed by atoms with Crippen molar-refractivity contribution in [3.05, 3.63) is 51.5 Å². The Labute approximate surface area is 124 Å². The van der Waals surface area contributed by atoms with Gasteiger partial charge in [-0.05, 0) is 24.3 Å². The number of carbonyl (C=O) groups is 1. The van der Waals surface area contributed by atoms with Crippen molar-refractivity contribution in [3.63, 3.8) is 0 Å². The lowest BCUT2D eigenvalue weighted by Crippen LogP contribution is -2.27. The molecule has 0 aliphatic heterocycles. The Hall–Kier alpha value is -1.36. The summed E-state index contributed by atoms with van der Waals surface area (Å²) in [7, 11) is 1.57. The molecule has 1 amide bonds. The molecule has 0 saturated heterocycles. The molecule has 0 bridgehead atoms. The van der Waals surface area contributed by atoms with E-state index < -0.39 is 0 Å². The molecule has 0 N–H and O–H groups in total. The maximum absolute atomic E-state index is 12.3. The zero-order chi connectivity index (χ0) is 14.0. The van der Waals surface area contributed by atoms with Gasteiger partial charge in [0.25, 0.3) is 5.91 Å². The van der Waals surface area contributed by atoms with Crippen molar-refractivity contribution in [2.75, 3.05) is 11.9 Å². The molecule has 0 unspecified atom stereocenters. The van der Waals surface area contributed by atoms with Crippen LogP contribution in [0.1, 0.15) is 10.4 Å². The van der Waals surface area contributed by atoms with Crippen LogP contribution in [0.4, 0.5) is 5.69 Å². The smallest absolute Gasteiger partial charge is 0.261 e. The quantitative estimate of drug-likeness (QED) is 0.793. The molecule has 2 aromatic heterocycles. The van der Waals surface area contributed by atoms with Crippen molar-refractivity contribution in [1.82, 2.24) is 9.97 Å². The second-order valence-corrected chi connectivity index (χ2v) is 4.75. The highest BCUT2D eigenvalue weighted by molar-refractivity contribution is 6.36. The van der Waals surface area contributed by atoms with Gasteiger partial charge in [-0.3, -0.25) is 4.79 Å². The van der Waals surface area contributed by atoms with E-state index in [0.29, 0.717) is 5.69 Å². The molecular formula is C12H8Cl3N3O. The number of nitrogens with zero attached hydrogens (tertiary/aromatic N) is 3. The number of carbonyl (C=O) groups excluding carboxylic acids is 1. The Morgan fingerprint density at radius 1 is 1.16 bits per heavy atom. The van der Waals surface area contributed by atoms with Gasteiger partial charge in [0.1, 0.15) is 10.3 Å². The minimum absolute atomic E-state index is 0.136. The lowest BCUT2D eigenvalue weighted by molar-refractivity contribution is 0.0993. The Morgan fingerprint density at radius 3 is 2.53 bits per heavy atom. The average Bonchev–Trinajstić information content (AvgIpc) is 2.38. The number of amides is 1. The molecule has 2 heterocycles. The summed E-state index contributed by atoms with van der Waals surface area (Å²) in [4.78, 5) is 21.4. The molecule has 19 heavy (non-hydrogen) atoms. The molecule has 0 aliphatic rings. The van der Waals surface area contributed by atoms with Crippen LogP contribution in [0, 0.1) is 0 Å². The number of anilines is 1. The molecule has 0 atom stereocenters. The summed E-state index contributed by atoms with van der Waals surface area (Å²) in [6.45, 7) is 0. The minimum Gasteiger partial charge on any atom is -0.308 e. The fraction of sp³-hybridized carbons (Fsp3) is 0.0833. The van der Waals surface area contributed by atoms with Crippen molar-refractivity contribution in [3.8, 4) is 0 Å². The van der Waals surface area contributed by atoms with E-state index in [-0.39, 0.29) is 26.9 Å². The van der Waals surface area contributed by atoms with Crippen molar-refractivity contribution >= 4 is 46.4 Å². The van der Waals surface area contributed by atoms with Crippen LogP contribution in [-0.4, -0.2) is 22.9 Å². The van der Waals surface area contributed by atoms with E-state index in [9.17, 15) is 4.79 Å². The first kappa shape index (κ1) is 14.1. The molecule has 4 nitrogen and oxygen atoms in total. The molecule has 0 aromatic carbocycles. The van der Waals surface area contributed by atoms with Gasteiger partial charge in [-0.15, -0.1) is 0 Å². The van der Waals surface area contributed by atoms with Crippen LogP contribution in [-0.2, 0) is 0 Å². The van der Waals surface area contributed by atoms with Gasteiger partial charge in [-0.2, -0.15) is 0 Å². The van der Waals surface area contributed by atoms with Crippen LogP contribution in [0.3, 0.4) is 0 Å². The summed E-state index contributed by atoms with van der Waals surface area (Å²) in [5.74, 6) is -0.330. The minimum atomic E-state index is -0.330. The fourth-order valence-corrected chi connectivity index (χ4v) is 2.16. The molecule has 0 radical (unpaired) electrons. The van der Waals surface area contributed by atoms with Gasteiger partial charge >= 0.3 is 0 Å². The molecule has 98 valence electrons. The largest absolute Gasteiger partial charge is 0.308 e. The predicted molar refractivity (Wildman–Crippen MR) is 76.2 cm³/mol. The van der Waals surface area contributed by atoms with Crippen LogP contribution in [0.2, 0.25) is 15.5 Å². The lowest BCUT2D eigenvalue weighted by atomic mass is 10.2. The van der Waals surface area contributed by atoms with E-state index >= 15 is 0 Å². The molecule has 7 heteroatoms. The summed E-state index contributed by atoms with van der Waals surface area (Å²) < 4.78 is 0. The molecule has 0 aliphatic carbocycles. The SMILES string of the molecule is CN(C(=O)c1cccnc1Cl)c1ccc(Cl)nc1Cl. The Balaban J connectivity index is 2.37. The first-order chi connectivity index (χ1) is 9.00. The van der Waals surface area contributed by atoms with Crippen molar-refractivity contribution in [2.24, 2.45) is 0 Å². The Morgan fingerprint density at radius 2 is 1.89 bits per heavy atom. The molecule has 2 rings (SSSR count). The number of rotatable bonds is 2. The van der Waals surface area contributed by atoms with Crippen molar-refractivity contribution < 1.29 is 4.79 Å². The van der Waals surface area contributed by atoms with Crippen LogP contribution in [0.5, 0.6) is 0 Å². The first-order valence-electron chi connectivity index (χ1n) is 5.21. The molecule has 0 spiro atoms. The van der Waals surface area contributed by atoms with Gasteiger partial charge in [-0.25, -0.2) is 9.97 Å². The second-order valence-electron chi connectivity index (χ2n) is 3.65. The molecule has 2 aromatic rings. The fourth-order valence-electron chi connectivity index (χ4n) is 1.49. The third-order valence-corrected chi connectivity index (χ3v) is 3.24. The third kappa shape index (κ3) is 2.97. The predicted octanol–water partition coefficient (Wildman–Crippen LogP) is 3.71. The van der Waals surface area contributed by atoms with Gasteiger partial charge in [0.05, 0.1) is 11.3 Å². The topological polar surface area (TPSA) is 46.1 Å². The highest BCUT2D eigenvalue weighted by atomic mass is 35.5. The van der Waals surface area contributed by atoms with Crippen molar-refractivity contribution in [1.29, 1.82) is 0 Å². The van der Waals surface area contributed by atoms with Crippen LogP contribution in [0.25, 0.3) is 0 Å². The average molecular weight is 317 g/mol. The highest BCUT2D eigenvalue weighted by Gasteiger charge is 2.19. The second kappa shape index (κ2) is 5.74. The monoisotopic (exact) mass is 315 g/mol. The lowest BCUT2D eigenvalue weighted by Gasteiger charge is -2.18. The van der Waals surface area contributed by atoms with E-state index in [4.69, 9.17) is 34.8 Å². The van der Waals surface area contributed by atoms with E-state index in [1.54, 1.807) is 31.3 Å². The van der Waals surface area contributed by atoms with Gasteiger partial charge < -0.3 is 4.90 Å². The van der Waals surface area contributed by atoms with Gasteiger partial charge in [0, 0.05) is 13.2 Å². The summed E-state index contributed by atoms with van der Waals surface area (Å²) >= 11 is 17.6. The number of aromatic nitrogens is 2. The summed E-state index contributed by atoms with van der Waals surface area (Å²) in [5, 5.41) is 0.537. The van der Waals surface area contributed by atoms with Gasteiger partial charge in [-0.1, -0.05) is 34.8 Å². The summed E-state index contributed by atoms with van der Waals surface area (Å²) in [6.07, 6.45) is 1.51. The molecular weight excluding hydrogens is 309 g/mol. The van der Waals surface area contributed by atoms with E-state index in [0.717, 1.165) is 0 Å².